The molecule has 1 amide bonds. The van der Waals surface area contributed by atoms with Crippen molar-refractivity contribution in [1.82, 2.24) is 20.4 Å². The van der Waals surface area contributed by atoms with E-state index in [1.54, 1.807) is 0 Å². The van der Waals surface area contributed by atoms with Gasteiger partial charge in [0.15, 0.2) is 0 Å². The van der Waals surface area contributed by atoms with Gasteiger partial charge in [0.1, 0.15) is 0 Å². The van der Waals surface area contributed by atoms with Crippen molar-refractivity contribution in [2.75, 3.05) is 50.8 Å². The summed E-state index contributed by atoms with van der Waals surface area (Å²) in [6.07, 6.45) is 2.29. The average molecular weight is 385 g/mol. The number of amides is 1. The first-order chi connectivity index (χ1) is 13.7. The van der Waals surface area contributed by atoms with Gasteiger partial charge in [0, 0.05) is 36.9 Å². The third kappa shape index (κ3) is 4.18. The standard InChI is InChI=1S/C20H27N5O3/c1-2-24-9-3-4-17(24)14-21-19(26)20-22-18(23-28-20)15-5-7-16(8-6-15)25-10-12-27-13-11-25/h5-8,17H,2-4,9-14H2,1H3,(H,21,26). The molecule has 2 fully saturated rings. The van der Waals surface area contributed by atoms with Crippen molar-refractivity contribution in [2.24, 2.45) is 0 Å². The molecule has 2 aliphatic heterocycles. The summed E-state index contributed by atoms with van der Waals surface area (Å²) >= 11 is 0. The molecular weight excluding hydrogens is 358 g/mol. The number of nitrogens with one attached hydrogen (secondary N) is 1. The minimum absolute atomic E-state index is 0.00769. The number of ether oxygens (including phenoxy) is 1. The molecule has 0 radical (unpaired) electrons. The van der Waals surface area contributed by atoms with Crippen LogP contribution in [0.3, 0.4) is 0 Å². The molecule has 2 aromatic rings. The van der Waals surface area contributed by atoms with Gasteiger partial charge in [-0.1, -0.05) is 12.1 Å². The number of benzene rings is 1. The van der Waals surface area contributed by atoms with E-state index in [9.17, 15) is 4.79 Å². The quantitative estimate of drug-likeness (QED) is 0.811. The van der Waals surface area contributed by atoms with Crippen LogP contribution in [0.1, 0.15) is 30.5 Å². The molecular formula is C20H27N5O3. The van der Waals surface area contributed by atoms with Gasteiger partial charge in [0.2, 0.25) is 5.82 Å². The van der Waals surface area contributed by atoms with Crippen molar-refractivity contribution in [3.63, 3.8) is 0 Å². The number of likely N-dealkylation sites (tertiary alicyclic amines) is 1. The summed E-state index contributed by atoms with van der Waals surface area (Å²) in [5.74, 6) is 0.120. The number of hydrogen-bond acceptors (Lipinski definition) is 7. The number of hydrogen-bond donors (Lipinski definition) is 1. The molecule has 150 valence electrons. The Morgan fingerprint density at radius 2 is 2.00 bits per heavy atom. The van der Waals surface area contributed by atoms with Crippen molar-refractivity contribution in [3.05, 3.63) is 30.2 Å². The molecule has 1 aromatic carbocycles. The molecule has 0 saturated carbocycles. The van der Waals surface area contributed by atoms with Gasteiger partial charge in [-0.2, -0.15) is 4.98 Å². The molecule has 4 rings (SSSR count). The van der Waals surface area contributed by atoms with E-state index in [1.165, 1.54) is 6.42 Å². The van der Waals surface area contributed by atoms with Crippen molar-refractivity contribution in [2.45, 2.75) is 25.8 Å². The SMILES string of the molecule is CCN1CCCC1CNC(=O)c1nc(-c2ccc(N3CCOCC3)cc2)no1. The van der Waals surface area contributed by atoms with Gasteiger partial charge in [-0.15, -0.1) is 0 Å². The highest BCUT2D eigenvalue weighted by molar-refractivity contribution is 5.89. The zero-order valence-corrected chi connectivity index (χ0v) is 16.3. The van der Waals surface area contributed by atoms with Crippen LogP contribution in [0.2, 0.25) is 0 Å². The van der Waals surface area contributed by atoms with E-state index in [0.717, 1.165) is 57.1 Å². The Kier molecular flexibility index (Phi) is 5.87. The Balaban J connectivity index is 1.36. The van der Waals surface area contributed by atoms with Crippen molar-refractivity contribution >= 4 is 11.6 Å². The molecule has 0 spiro atoms. The van der Waals surface area contributed by atoms with Crippen LogP contribution in [0.25, 0.3) is 11.4 Å². The third-order valence-corrected chi connectivity index (χ3v) is 5.53. The number of likely N-dealkylation sites (N-methyl/N-ethyl adjacent to an activating group) is 1. The lowest BCUT2D eigenvalue weighted by molar-refractivity contribution is 0.0897. The number of carbonyl (C=O) groups excluding carboxylic acids is 1. The lowest BCUT2D eigenvalue weighted by Gasteiger charge is -2.28. The Morgan fingerprint density at radius 3 is 2.75 bits per heavy atom. The number of carbonyl (C=O) groups is 1. The molecule has 2 saturated heterocycles. The monoisotopic (exact) mass is 385 g/mol. The van der Waals surface area contributed by atoms with Crippen molar-refractivity contribution < 1.29 is 14.1 Å². The summed E-state index contributed by atoms with van der Waals surface area (Å²) in [5.41, 5.74) is 1.97. The molecule has 2 aliphatic rings. The second kappa shape index (κ2) is 8.70. The summed E-state index contributed by atoms with van der Waals surface area (Å²) in [6.45, 7) is 8.15. The topological polar surface area (TPSA) is 83.7 Å². The molecule has 0 aliphatic carbocycles. The molecule has 8 nitrogen and oxygen atoms in total. The summed E-state index contributed by atoms with van der Waals surface area (Å²) in [7, 11) is 0. The molecule has 3 heterocycles. The molecule has 28 heavy (non-hydrogen) atoms. The smallest absolute Gasteiger partial charge is 0.316 e. The fraction of sp³-hybridized carbons (Fsp3) is 0.550. The predicted octanol–water partition coefficient (Wildman–Crippen LogP) is 1.79. The zero-order valence-electron chi connectivity index (χ0n) is 16.3. The third-order valence-electron chi connectivity index (χ3n) is 5.53. The molecule has 8 heteroatoms. The van der Waals surface area contributed by atoms with Crippen LogP contribution in [0.4, 0.5) is 5.69 Å². The van der Waals surface area contributed by atoms with Crippen molar-refractivity contribution in [3.8, 4) is 11.4 Å². The van der Waals surface area contributed by atoms with Crippen LogP contribution in [0, 0.1) is 0 Å². The predicted molar refractivity (Wildman–Crippen MR) is 105 cm³/mol. The largest absolute Gasteiger partial charge is 0.378 e. The second-order valence-corrected chi connectivity index (χ2v) is 7.20. The fourth-order valence-corrected chi connectivity index (χ4v) is 3.90. The maximum Gasteiger partial charge on any atom is 0.316 e. The summed E-state index contributed by atoms with van der Waals surface area (Å²) in [4.78, 5) is 21.3. The highest BCUT2D eigenvalue weighted by Crippen LogP contribution is 2.22. The van der Waals surface area contributed by atoms with E-state index in [1.807, 2.05) is 24.3 Å². The van der Waals surface area contributed by atoms with E-state index in [0.29, 0.717) is 18.4 Å². The van der Waals surface area contributed by atoms with Gasteiger partial charge in [-0.3, -0.25) is 9.69 Å². The van der Waals surface area contributed by atoms with Gasteiger partial charge in [0.25, 0.3) is 0 Å². The first kappa shape index (κ1) is 18.9. The molecule has 0 bridgehead atoms. The summed E-state index contributed by atoms with van der Waals surface area (Å²) in [5, 5.41) is 6.90. The Morgan fingerprint density at radius 1 is 1.21 bits per heavy atom. The van der Waals surface area contributed by atoms with Crippen LogP contribution in [-0.2, 0) is 4.74 Å². The minimum atomic E-state index is -0.313. The van der Waals surface area contributed by atoms with E-state index in [-0.39, 0.29) is 11.8 Å². The minimum Gasteiger partial charge on any atom is -0.378 e. The second-order valence-electron chi connectivity index (χ2n) is 7.20. The van der Waals surface area contributed by atoms with Crippen LogP contribution in [-0.4, -0.2) is 72.9 Å². The first-order valence-electron chi connectivity index (χ1n) is 10.0. The fourth-order valence-electron chi connectivity index (χ4n) is 3.90. The van der Waals surface area contributed by atoms with E-state index in [2.05, 4.69) is 32.2 Å². The summed E-state index contributed by atoms with van der Waals surface area (Å²) < 4.78 is 10.6. The molecule has 1 aromatic heterocycles. The Bertz CT molecular complexity index is 785. The Labute approximate surface area is 164 Å². The lowest BCUT2D eigenvalue weighted by Crippen LogP contribution is -2.40. The molecule has 1 unspecified atom stereocenters. The Hall–Kier alpha value is -2.45. The zero-order chi connectivity index (χ0) is 19.3. The normalized spacial score (nSPS) is 20.5. The van der Waals surface area contributed by atoms with Gasteiger partial charge in [-0.25, -0.2) is 0 Å². The van der Waals surface area contributed by atoms with Crippen LogP contribution < -0.4 is 10.2 Å². The number of rotatable bonds is 6. The number of nitrogens with zero attached hydrogens (tertiary/aromatic N) is 4. The van der Waals surface area contributed by atoms with Crippen LogP contribution in [0.5, 0.6) is 0 Å². The number of morpholine rings is 1. The number of anilines is 1. The maximum atomic E-state index is 12.4. The van der Waals surface area contributed by atoms with Gasteiger partial charge in [0.05, 0.1) is 13.2 Å². The average Bonchev–Trinajstić information content (AvgIpc) is 3.42. The molecule has 1 atom stereocenters. The van der Waals surface area contributed by atoms with E-state index >= 15 is 0 Å². The van der Waals surface area contributed by atoms with Gasteiger partial charge in [-0.05, 0) is 50.2 Å². The molecule has 1 N–H and O–H groups in total. The van der Waals surface area contributed by atoms with Gasteiger partial charge < -0.3 is 19.5 Å². The highest BCUT2D eigenvalue weighted by Gasteiger charge is 2.24. The maximum absolute atomic E-state index is 12.4. The first-order valence-corrected chi connectivity index (χ1v) is 10.0. The van der Waals surface area contributed by atoms with E-state index in [4.69, 9.17) is 9.26 Å². The van der Waals surface area contributed by atoms with Crippen LogP contribution >= 0.6 is 0 Å². The number of aromatic nitrogens is 2. The van der Waals surface area contributed by atoms with E-state index < -0.39 is 0 Å². The van der Waals surface area contributed by atoms with Gasteiger partial charge >= 0.3 is 11.8 Å². The van der Waals surface area contributed by atoms with Crippen LogP contribution in [0.15, 0.2) is 28.8 Å². The highest BCUT2D eigenvalue weighted by atomic mass is 16.5. The summed E-state index contributed by atoms with van der Waals surface area (Å²) in [6, 6.07) is 8.38. The van der Waals surface area contributed by atoms with Crippen molar-refractivity contribution in [1.29, 1.82) is 0 Å². The lowest BCUT2D eigenvalue weighted by atomic mass is 10.2.